The van der Waals surface area contributed by atoms with Gasteiger partial charge in [0, 0.05) is 25.1 Å². The summed E-state index contributed by atoms with van der Waals surface area (Å²) in [6, 6.07) is 3.57. The number of benzene rings is 1. The molecule has 0 radical (unpaired) electrons. The number of amides is 1. The summed E-state index contributed by atoms with van der Waals surface area (Å²) in [7, 11) is -3.16. The summed E-state index contributed by atoms with van der Waals surface area (Å²) in [6.07, 6.45) is 7.09. The first-order valence-electron chi connectivity index (χ1n) is 11.7. The number of carbonyl (C=O) groups excluding carboxylic acids is 1. The van der Waals surface area contributed by atoms with Crippen LogP contribution in [0.5, 0.6) is 11.5 Å². The first kappa shape index (κ1) is 33.8. The molecule has 0 spiro atoms. The lowest BCUT2D eigenvalue weighted by atomic mass is 9.73. The quantitative estimate of drug-likeness (QED) is 0.130. The second kappa shape index (κ2) is 15.1. The first-order chi connectivity index (χ1) is 15.9. The molecule has 36 heavy (non-hydrogen) atoms. The highest BCUT2D eigenvalue weighted by Crippen LogP contribution is 2.47. The lowest BCUT2D eigenvalue weighted by Crippen LogP contribution is -2.33. The Morgan fingerprint density at radius 2 is 1.92 bits per heavy atom. The number of allylic oxidation sites excluding steroid dienone is 3. The minimum atomic E-state index is -4.62. The third kappa shape index (κ3) is 10.0. The van der Waals surface area contributed by atoms with Crippen LogP contribution in [-0.4, -0.2) is 46.1 Å². The number of likely N-dealkylation sites (N-methyl/N-ethyl adjacent to an activating group) is 1. The van der Waals surface area contributed by atoms with E-state index in [9.17, 15) is 14.5 Å². The average molecular weight is 530 g/mol. The van der Waals surface area contributed by atoms with Crippen molar-refractivity contribution in [3.8, 4) is 11.5 Å². The van der Waals surface area contributed by atoms with Gasteiger partial charge in [0.1, 0.15) is 11.5 Å². The van der Waals surface area contributed by atoms with Gasteiger partial charge in [0.2, 0.25) is 0 Å². The summed E-state index contributed by atoms with van der Waals surface area (Å²) in [5.74, 6) is 0.308. The molecule has 11 heteroatoms. The van der Waals surface area contributed by atoms with Crippen LogP contribution in [0.25, 0.3) is 0 Å². The molecule has 0 heterocycles. The van der Waals surface area contributed by atoms with Crippen molar-refractivity contribution in [3.05, 3.63) is 47.1 Å². The molecular weight excluding hydrogens is 485 g/mol. The fraction of sp³-hybridized carbons (Fsp3) is 0.560. The maximum atomic E-state index is 12.8. The number of aromatic hydroxyl groups is 1. The number of nitrogens with zero attached hydrogens (tertiary/aromatic N) is 1. The zero-order chi connectivity index (χ0) is 25.5. The molecule has 0 saturated carbocycles. The van der Waals surface area contributed by atoms with E-state index in [0.29, 0.717) is 11.3 Å². The van der Waals surface area contributed by atoms with Crippen LogP contribution in [0.3, 0.4) is 0 Å². The minimum Gasteiger partial charge on any atom is -0.507 e. The van der Waals surface area contributed by atoms with Gasteiger partial charge in [-0.3, -0.25) is 4.52 Å². The zero-order valence-corrected chi connectivity index (χ0v) is 22.9. The molecule has 1 amide bonds. The van der Waals surface area contributed by atoms with E-state index in [1.54, 1.807) is 6.07 Å². The van der Waals surface area contributed by atoms with Crippen LogP contribution in [0.1, 0.15) is 69.9 Å². The van der Waals surface area contributed by atoms with E-state index in [-0.39, 0.29) is 43.0 Å². The van der Waals surface area contributed by atoms with Crippen LogP contribution in [0.15, 0.2) is 35.9 Å². The molecule has 1 aromatic rings. The molecule has 2 rings (SSSR count). The maximum Gasteiger partial charge on any atom is 0.469 e. The van der Waals surface area contributed by atoms with Crippen LogP contribution in [0.4, 0.5) is 4.79 Å². The van der Waals surface area contributed by atoms with E-state index in [1.807, 2.05) is 13.0 Å². The van der Waals surface area contributed by atoms with Gasteiger partial charge in [-0.05, 0) is 63.1 Å². The van der Waals surface area contributed by atoms with Gasteiger partial charge >= 0.3 is 13.9 Å². The first-order valence-corrected chi connectivity index (χ1v) is 13.3. The Bertz CT molecular complexity index is 961. The molecule has 2 atom stereocenters. The topological polar surface area (TPSA) is 187 Å². The van der Waals surface area contributed by atoms with Gasteiger partial charge in [0.15, 0.2) is 0 Å². The Kier molecular flexibility index (Phi) is 14.2. The summed E-state index contributed by atoms with van der Waals surface area (Å²) in [5.41, 5.74) is 3.65. The molecule has 1 aliphatic carbocycles. The molecule has 1 aliphatic rings. The van der Waals surface area contributed by atoms with E-state index >= 15 is 0 Å². The summed E-state index contributed by atoms with van der Waals surface area (Å²) < 4.78 is 21.1. The number of aryl methyl sites for hydroxylation is 1. The number of carbonyl (C=O) groups is 1. The fourth-order valence-electron chi connectivity index (χ4n) is 4.28. The molecule has 0 aromatic heterocycles. The summed E-state index contributed by atoms with van der Waals surface area (Å²) in [4.78, 5) is 31.7. The van der Waals surface area contributed by atoms with Crippen LogP contribution >= 0.6 is 7.82 Å². The van der Waals surface area contributed by atoms with Crippen LogP contribution in [0.2, 0.25) is 0 Å². The molecule has 1 aromatic carbocycles. The Morgan fingerprint density at radius 1 is 1.25 bits per heavy atom. The normalized spacial score (nSPS) is 17.3. The molecule has 0 saturated heterocycles. The van der Waals surface area contributed by atoms with E-state index in [0.717, 1.165) is 49.7 Å². The van der Waals surface area contributed by atoms with Crippen molar-refractivity contribution in [2.45, 2.75) is 65.2 Å². The Morgan fingerprint density at radius 3 is 2.50 bits per heavy atom. The van der Waals surface area contributed by atoms with Crippen molar-refractivity contribution < 1.29 is 33.5 Å². The predicted molar refractivity (Wildman–Crippen MR) is 142 cm³/mol. The molecule has 0 bridgehead atoms. The fourth-order valence-corrected chi connectivity index (χ4v) is 4.60. The smallest absolute Gasteiger partial charge is 0.469 e. The number of hydrogen-bond acceptors (Lipinski definition) is 7. The van der Waals surface area contributed by atoms with Gasteiger partial charge in [-0.15, -0.1) is 0 Å². The van der Waals surface area contributed by atoms with Crippen molar-refractivity contribution in [3.63, 3.8) is 0 Å². The lowest BCUT2D eigenvalue weighted by molar-refractivity contribution is 0.141. The number of phenols is 1. The number of phosphoric acid groups is 1. The maximum absolute atomic E-state index is 12.8. The highest BCUT2D eigenvalue weighted by atomic mass is 31.2. The van der Waals surface area contributed by atoms with E-state index in [4.69, 9.17) is 14.5 Å². The monoisotopic (exact) mass is 529 g/mol. The predicted octanol–water partition coefficient (Wildman–Crippen LogP) is 6.00. The van der Waals surface area contributed by atoms with Crippen LogP contribution < -0.4 is 17.0 Å². The third-order valence-corrected chi connectivity index (χ3v) is 6.68. The molecule has 9 N–H and O–H groups in total. The van der Waals surface area contributed by atoms with Gasteiger partial charge in [-0.1, -0.05) is 43.6 Å². The Balaban J connectivity index is 0.00000612. The van der Waals surface area contributed by atoms with E-state index in [2.05, 4.69) is 31.0 Å². The number of ether oxygens (including phenoxy) is 1. The lowest BCUT2D eigenvalue weighted by Gasteiger charge is -2.32. The molecule has 0 aliphatic heterocycles. The Hall–Kier alpha value is -2.20. The molecule has 0 fully saturated rings. The van der Waals surface area contributed by atoms with E-state index in [1.165, 1.54) is 17.5 Å². The van der Waals surface area contributed by atoms with Gasteiger partial charge in [0.05, 0.1) is 6.61 Å². The van der Waals surface area contributed by atoms with Crippen molar-refractivity contribution in [2.24, 2.45) is 5.92 Å². The number of unbranched alkanes of at least 4 members (excludes halogenated alkanes) is 2. The number of hydrogen-bond donors (Lipinski definition) is 5. The van der Waals surface area contributed by atoms with Crippen molar-refractivity contribution in [1.29, 1.82) is 0 Å². The zero-order valence-electron chi connectivity index (χ0n) is 22.0. The highest BCUT2D eigenvalue weighted by molar-refractivity contribution is 7.46. The summed E-state index contributed by atoms with van der Waals surface area (Å²) >= 11 is 0. The second-order valence-corrected chi connectivity index (χ2v) is 10.4. The van der Waals surface area contributed by atoms with Crippen molar-refractivity contribution in [2.75, 3.05) is 20.2 Å². The van der Waals surface area contributed by atoms with Gasteiger partial charge < -0.3 is 36.8 Å². The van der Waals surface area contributed by atoms with Crippen molar-refractivity contribution >= 4 is 13.9 Å². The number of rotatable bonds is 11. The molecule has 0 unspecified atom stereocenters. The van der Waals surface area contributed by atoms with Gasteiger partial charge in [-0.25, -0.2) is 9.36 Å². The Labute approximate surface area is 214 Å². The SMILES string of the molecule is C=C(C)[C@@H]1CCC(C)=C[C@H]1c1c(O)cc(CCCCC)cc1OC(=O)N(C)CCOP(=O)(O)O.N.N. The number of phenolic OH excluding ortho intramolecular Hbond substituents is 1. The minimum absolute atomic E-state index is 0. The highest BCUT2D eigenvalue weighted by Gasteiger charge is 2.31. The number of phosphoric ester groups is 1. The molecule has 10 nitrogen and oxygen atoms in total. The largest absolute Gasteiger partial charge is 0.507 e. The van der Waals surface area contributed by atoms with E-state index < -0.39 is 13.9 Å². The van der Waals surface area contributed by atoms with Crippen molar-refractivity contribution in [1.82, 2.24) is 17.2 Å². The molecular formula is C25H44N3O7P. The standard InChI is InChI=1S/C25H38NO7P.2H3N/c1-6-7-8-9-19-15-22(27)24(21-14-18(4)10-11-20(21)17(2)3)23(16-19)33-25(28)26(5)12-13-32-34(29,30)31;;/h14-16,20-21,27H,2,6-13H2,1,3-5H3,(H2,29,30,31);2*1H3/t20-,21+;;/m0../s1. The summed E-state index contributed by atoms with van der Waals surface area (Å²) in [6.45, 7) is 9.88. The van der Waals surface area contributed by atoms with Crippen LogP contribution in [0, 0.1) is 5.92 Å². The average Bonchev–Trinajstić information content (AvgIpc) is 2.72. The molecule has 206 valence electrons. The third-order valence-electron chi connectivity index (χ3n) is 6.16. The van der Waals surface area contributed by atoms with Gasteiger partial charge in [0.25, 0.3) is 0 Å². The van der Waals surface area contributed by atoms with Gasteiger partial charge in [-0.2, -0.15) is 0 Å². The summed E-state index contributed by atoms with van der Waals surface area (Å²) in [5, 5.41) is 11.1. The second-order valence-electron chi connectivity index (χ2n) is 9.13. The van der Waals surface area contributed by atoms with Crippen LogP contribution in [-0.2, 0) is 15.5 Å².